The first kappa shape index (κ1) is 13.9. The zero-order valence-electron chi connectivity index (χ0n) is 10.1. The van der Waals surface area contributed by atoms with Crippen LogP contribution in [0.5, 0.6) is 0 Å². The van der Waals surface area contributed by atoms with Gasteiger partial charge in [0.05, 0.1) is 11.2 Å². The summed E-state index contributed by atoms with van der Waals surface area (Å²) in [4.78, 5) is 15.6. The first-order valence-electron chi connectivity index (χ1n) is 5.65. The molecule has 5 nitrogen and oxygen atoms in total. The van der Waals surface area contributed by atoms with Crippen molar-refractivity contribution in [1.82, 2.24) is 15.6 Å². The van der Waals surface area contributed by atoms with Gasteiger partial charge in [-0.25, -0.2) is 9.78 Å². The van der Waals surface area contributed by atoms with Gasteiger partial charge in [-0.2, -0.15) is 0 Å². The summed E-state index contributed by atoms with van der Waals surface area (Å²) in [7, 11) is 0. The van der Waals surface area contributed by atoms with E-state index in [1.54, 1.807) is 16.8 Å². The third kappa shape index (κ3) is 5.14. The summed E-state index contributed by atoms with van der Waals surface area (Å²) in [5.74, 6) is 0.0549. The fourth-order valence-corrected chi connectivity index (χ4v) is 1.82. The predicted molar refractivity (Wildman–Crippen MR) is 68.1 cm³/mol. The first-order chi connectivity index (χ1) is 8.13. The van der Waals surface area contributed by atoms with E-state index in [0.717, 1.165) is 12.1 Å². The van der Waals surface area contributed by atoms with E-state index in [4.69, 9.17) is 5.11 Å². The molecule has 0 radical (unpaired) electrons. The lowest BCUT2D eigenvalue weighted by Crippen LogP contribution is -2.44. The summed E-state index contributed by atoms with van der Waals surface area (Å²) >= 11 is 1.55. The van der Waals surface area contributed by atoms with E-state index in [1.165, 1.54) is 0 Å². The number of nitrogens with zero attached hydrogens (tertiary/aromatic N) is 1. The SMILES string of the molecule is CC(CO)C(C)NC(=O)NCCc1cscn1. The largest absolute Gasteiger partial charge is 0.396 e. The standard InChI is InChI=1S/C11H19N3O2S/c1-8(5-15)9(2)14-11(16)12-4-3-10-6-17-7-13-10/h6-9,15H,3-5H2,1-2H3,(H2,12,14,16). The number of aromatic nitrogens is 1. The molecule has 2 atom stereocenters. The molecule has 0 aliphatic carbocycles. The molecule has 0 aliphatic heterocycles. The highest BCUT2D eigenvalue weighted by Crippen LogP contribution is 2.01. The van der Waals surface area contributed by atoms with E-state index in [-0.39, 0.29) is 24.6 Å². The second-order valence-corrected chi connectivity index (χ2v) is 4.80. The lowest BCUT2D eigenvalue weighted by atomic mass is 10.1. The molecule has 0 aromatic carbocycles. The molecule has 1 aromatic rings. The van der Waals surface area contributed by atoms with E-state index in [1.807, 2.05) is 19.2 Å². The highest BCUT2D eigenvalue weighted by molar-refractivity contribution is 7.07. The van der Waals surface area contributed by atoms with Crippen LogP contribution in [0.4, 0.5) is 4.79 Å². The Labute approximate surface area is 105 Å². The first-order valence-corrected chi connectivity index (χ1v) is 6.60. The van der Waals surface area contributed by atoms with E-state index in [2.05, 4.69) is 15.6 Å². The molecule has 2 amide bonds. The molecule has 3 N–H and O–H groups in total. The molecule has 1 aromatic heterocycles. The van der Waals surface area contributed by atoms with Gasteiger partial charge >= 0.3 is 6.03 Å². The van der Waals surface area contributed by atoms with Crippen LogP contribution in [0.15, 0.2) is 10.9 Å². The van der Waals surface area contributed by atoms with Crippen molar-refractivity contribution in [2.45, 2.75) is 26.3 Å². The minimum absolute atomic E-state index is 0.0423. The second-order valence-electron chi connectivity index (χ2n) is 4.08. The van der Waals surface area contributed by atoms with Crippen LogP contribution in [0, 0.1) is 5.92 Å². The Hall–Kier alpha value is -1.14. The van der Waals surface area contributed by atoms with Gasteiger partial charge in [-0.3, -0.25) is 0 Å². The summed E-state index contributed by atoms with van der Waals surface area (Å²) in [5, 5.41) is 16.5. The third-order valence-corrected chi connectivity index (χ3v) is 3.29. The van der Waals surface area contributed by atoms with Crippen molar-refractivity contribution in [1.29, 1.82) is 0 Å². The van der Waals surface area contributed by atoms with E-state index in [9.17, 15) is 4.79 Å². The summed E-state index contributed by atoms with van der Waals surface area (Å²) < 4.78 is 0. The Bertz CT molecular complexity index is 329. The molecule has 0 saturated carbocycles. The molecule has 17 heavy (non-hydrogen) atoms. The number of carbonyl (C=O) groups is 1. The Balaban J connectivity index is 2.17. The molecule has 0 fully saturated rings. The fourth-order valence-electron chi connectivity index (χ4n) is 1.22. The van der Waals surface area contributed by atoms with Crippen LogP contribution in [0.1, 0.15) is 19.5 Å². The highest BCUT2D eigenvalue weighted by Gasteiger charge is 2.13. The monoisotopic (exact) mass is 257 g/mol. The number of urea groups is 1. The molecule has 96 valence electrons. The Morgan fingerprint density at radius 3 is 2.94 bits per heavy atom. The molecule has 2 unspecified atom stereocenters. The Morgan fingerprint density at radius 1 is 1.59 bits per heavy atom. The fraction of sp³-hybridized carbons (Fsp3) is 0.636. The average molecular weight is 257 g/mol. The van der Waals surface area contributed by atoms with Crippen LogP contribution in [-0.4, -0.2) is 35.3 Å². The van der Waals surface area contributed by atoms with Crippen molar-refractivity contribution in [3.63, 3.8) is 0 Å². The van der Waals surface area contributed by atoms with Gasteiger partial charge in [0.25, 0.3) is 0 Å². The number of aliphatic hydroxyl groups excluding tert-OH is 1. The normalized spacial score (nSPS) is 14.1. The average Bonchev–Trinajstić information content (AvgIpc) is 2.80. The van der Waals surface area contributed by atoms with Gasteiger partial charge in [0.2, 0.25) is 0 Å². The molecule has 0 saturated heterocycles. The molecule has 0 spiro atoms. The van der Waals surface area contributed by atoms with Crippen molar-refractivity contribution < 1.29 is 9.90 Å². The number of nitrogens with one attached hydrogen (secondary N) is 2. The van der Waals surface area contributed by atoms with Gasteiger partial charge < -0.3 is 15.7 Å². The number of aliphatic hydroxyl groups is 1. The van der Waals surface area contributed by atoms with Crippen LogP contribution in [-0.2, 0) is 6.42 Å². The molecular formula is C11H19N3O2S. The summed E-state index contributed by atoms with van der Waals surface area (Å²) in [5.41, 5.74) is 2.77. The molecule has 0 bridgehead atoms. The lowest BCUT2D eigenvalue weighted by Gasteiger charge is -2.19. The minimum Gasteiger partial charge on any atom is -0.396 e. The number of hydrogen-bond acceptors (Lipinski definition) is 4. The maximum atomic E-state index is 11.5. The van der Waals surface area contributed by atoms with Crippen molar-refractivity contribution in [3.8, 4) is 0 Å². The Morgan fingerprint density at radius 2 is 2.35 bits per heavy atom. The molecule has 1 rings (SSSR count). The number of hydrogen-bond donors (Lipinski definition) is 3. The molecule has 6 heteroatoms. The van der Waals surface area contributed by atoms with Crippen molar-refractivity contribution in [3.05, 3.63) is 16.6 Å². The van der Waals surface area contributed by atoms with Crippen LogP contribution >= 0.6 is 11.3 Å². The molecular weight excluding hydrogens is 238 g/mol. The topological polar surface area (TPSA) is 74.2 Å². The number of carbonyl (C=O) groups excluding carboxylic acids is 1. The van der Waals surface area contributed by atoms with E-state index in [0.29, 0.717) is 6.54 Å². The maximum absolute atomic E-state index is 11.5. The second kappa shape index (κ2) is 7.24. The van der Waals surface area contributed by atoms with E-state index >= 15 is 0 Å². The molecule has 1 heterocycles. The van der Waals surface area contributed by atoms with Gasteiger partial charge in [0, 0.05) is 31.0 Å². The summed E-state index contributed by atoms with van der Waals surface area (Å²) in [6.07, 6.45) is 0.737. The Kier molecular flexibility index (Phi) is 5.93. The van der Waals surface area contributed by atoms with Gasteiger partial charge in [-0.15, -0.1) is 11.3 Å². The van der Waals surface area contributed by atoms with Gasteiger partial charge in [0.1, 0.15) is 0 Å². The van der Waals surface area contributed by atoms with Gasteiger partial charge in [0.15, 0.2) is 0 Å². The smallest absolute Gasteiger partial charge is 0.315 e. The molecule has 0 aliphatic rings. The maximum Gasteiger partial charge on any atom is 0.315 e. The number of rotatable bonds is 6. The lowest BCUT2D eigenvalue weighted by molar-refractivity contribution is 0.200. The number of thiazole rings is 1. The number of amides is 2. The van der Waals surface area contributed by atoms with Crippen molar-refractivity contribution in [2.24, 2.45) is 5.92 Å². The summed E-state index contributed by atoms with van der Waals surface area (Å²) in [6.45, 7) is 4.40. The van der Waals surface area contributed by atoms with Crippen LogP contribution in [0.25, 0.3) is 0 Å². The third-order valence-electron chi connectivity index (χ3n) is 2.65. The van der Waals surface area contributed by atoms with Gasteiger partial charge in [-0.05, 0) is 12.8 Å². The van der Waals surface area contributed by atoms with Gasteiger partial charge in [-0.1, -0.05) is 6.92 Å². The summed E-state index contributed by atoms with van der Waals surface area (Å²) in [6, 6.07) is -0.243. The quantitative estimate of drug-likeness (QED) is 0.712. The highest BCUT2D eigenvalue weighted by atomic mass is 32.1. The van der Waals surface area contributed by atoms with E-state index < -0.39 is 0 Å². The van der Waals surface area contributed by atoms with Crippen molar-refractivity contribution in [2.75, 3.05) is 13.2 Å². The zero-order valence-corrected chi connectivity index (χ0v) is 11.0. The van der Waals surface area contributed by atoms with Crippen LogP contribution < -0.4 is 10.6 Å². The minimum atomic E-state index is -0.201. The van der Waals surface area contributed by atoms with Crippen LogP contribution in [0.3, 0.4) is 0 Å². The van der Waals surface area contributed by atoms with Crippen molar-refractivity contribution >= 4 is 17.4 Å². The van der Waals surface area contributed by atoms with Crippen LogP contribution in [0.2, 0.25) is 0 Å². The zero-order chi connectivity index (χ0) is 12.7. The predicted octanol–water partition coefficient (Wildman–Crippen LogP) is 1.00.